The van der Waals surface area contributed by atoms with Crippen molar-refractivity contribution in [3.05, 3.63) is 87.4 Å². The lowest BCUT2D eigenvalue weighted by molar-refractivity contribution is 0.0954. The van der Waals surface area contributed by atoms with Crippen LogP contribution in [-0.4, -0.2) is 19.1 Å². The summed E-state index contributed by atoms with van der Waals surface area (Å²) in [6.07, 6.45) is 1.10. The molecular weight excluding hydrogens is 431 g/mol. The highest BCUT2D eigenvalue weighted by Crippen LogP contribution is 2.42. The van der Waals surface area contributed by atoms with E-state index in [-0.39, 0.29) is 18.2 Å². The number of nitrogens with zero attached hydrogens (tertiary/aromatic N) is 1. The van der Waals surface area contributed by atoms with E-state index in [1.54, 1.807) is 12.1 Å². The Hall–Kier alpha value is -3.00. The fraction of sp³-hybridized carbons (Fsp3) is 0.200. The second-order valence-corrected chi connectivity index (χ2v) is 8.20. The van der Waals surface area contributed by atoms with Crippen molar-refractivity contribution in [1.29, 1.82) is 5.26 Å². The van der Waals surface area contributed by atoms with Crippen LogP contribution in [0.3, 0.4) is 0 Å². The summed E-state index contributed by atoms with van der Waals surface area (Å²) in [6.45, 7) is 0.952. The van der Waals surface area contributed by atoms with Gasteiger partial charge in [-0.2, -0.15) is 5.26 Å². The molecule has 1 atom stereocenters. The van der Waals surface area contributed by atoms with E-state index in [0.717, 1.165) is 34.4 Å². The summed E-state index contributed by atoms with van der Waals surface area (Å²) >= 11 is 12.6. The van der Waals surface area contributed by atoms with Gasteiger partial charge >= 0.3 is 0 Å². The maximum atomic E-state index is 12.4. The van der Waals surface area contributed by atoms with Crippen LogP contribution in [0.25, 0.3) is 11.1 Å². The van der Waals surface area contributed by atoms with E-state index in [1.165, 1.54) is 0 Å². The van der Waals surface area contributed by atoms with Crippen molar-refractivity contribution in [3.63, 3.8) is 0 Å². The van der Waals surface area contributed by atoms with Crippen LogP contribution in [0.15, 0.2) is 60.7 Å². The van der Waals surface area contributed by atoms with Gasteiger partial charge in [0.05, 0.1) is 19.1 Å². The predicted molar refractivity (Wildman–Crippen MR) is 123 cm³/mol. The van der Waals surface area contributed by atoms with Crippen LogP contribution < -0.4 is 10.1 Å². The minimum Gasteiger partial charge on any atom is -0.493 e. The number of benzene rings is 3. The van der Waals surface area contributed by atoms with Gasteiger partial charge in [0.15, 0.2) is 0 Å². The van der Waals surface area contributed by atoms with Crippen LogP contribution in [0, 0.1) is 11.3 Å². The van der Waals surface area contributed by atoms with E-state index in [4.69, 9.17) is 33.2 Å². The van der Waals surface area contributed by atoms with Gasteiger partial charge in [-0.25, -0.2) is 0 Å². The molecule has 0 bridgehead atoms. The van der Waals surface area contributed by atoms with Crippen LogP contribution in [-0.2, 0) is 0 Å². The minimum absolute atomic E-state index is 0.103. The number of amides is 1. The summed E-state index contributed by atoms with van der Waals surface area (Å²) in [4.78, 5) is 12.4. The highest BCUT2D eigenvalue weighted by molar-refractivity contribution is 6.35. The highest BCUT2D eigenvalue weighted by Gasteiger charge is 2.25. The maximum Gasteiger partial charge on any atom is 0.251 e. The quantitative estimate of drug-likeness (QED) is 0.469. The molecule has 0 aromatic heterocycles. The SMILES string of the molecule is N#CCCNC(=O)c1cccc(-c2ccc3c(c2)C(c2ccc(Cl)cc2Cl)CCO3)c1. The number of halogens is 2. The van der Waals surface area contributed by atoms with Gasteiger partial charge in [0.1, 0.15) is 5.75 Å². The summed E-state index contributed by atoms with van der Waals surface area (Å²) in [7, 11) is 0. The first-order valence-corrected chi connectivity index (χ1v) is 10.8. The Morgan fingerprint density at radius 1 is 1.06 bits per heavy atom. The van der Waals surface area contributed by atoms with Gasteiger partial charge in [0, 0.05) is 33.6 Å². The Labute approximate surface area is 191 Å². The molecule has 156 valence electrons. The summed E-state index contributed by atoms with van der Waals surface area (Å²) in [6, 6.07) is 21.2. The third kappa shape index (κ3) is 4.69. The van der Waals surface area contributed by atoms with Gasteiger partial charge in [0.25, 0.3) is 5.91 Å². The van der Waals surface area contributed by atoms with Crippen molar-refractivity contribution < 1.29 is 9.53 Å². The molecule has 0 fully saturated rings. The monoisotopic (exact) mass is 450 g/mol. The molecular formula is C25H20Cl2N2O2. The second kappa shape index (κ2) is 9.43. The Morgan fingerprint density at radius 3 is 2.71 bits per heavy atom. The van der Waals surface area contributed by atoms with E-state index in [2.05, 4.69) is 11.4 Å². The topological polar surface area (TPSA) is 62.1 Å². The molecule has 1 heterocycles. The Balaban J connectivity index is 1.67. The first-order valence-electron chi connectivity index (χ1n) is 10.0. The number of carbonyl (C=O) groups is 1. The fourth-order valence-corrected chi connectivity index (χ4v) is 4.40. The standard InChI is InChI=1S/C25H20Cl2N2O2/c26-19-6-7-21(23(27)15-19)20-9-12-31-24-8-5-17(14-22(20)24)16-3-1-4-18(13-16)25(30)29-11-2-10-28/h1,3-8,13-15,20H,2,9,11-12H2,(H,29,30). The number of hydrogen-bond donors (Lipinski definition) is 1. The summed E-state index contributed by atoms with van der Waals surface area (Å²) < 4.78 is 5.89. The number of rotatable bonds is 5. The highest BCUT2D eigenvalue weighted by atomic mass is 35.5. The predicted octanol–water partition coefficient (Wildman–Crippen LogP) is 6.22. The number of fused-ring (bicyclic) bond motifs is 1. The van der Waals surface area contributed by atoms with Gasteiger partial charge in [0.2, 0.25) is 0 Å². The van der Waals surface area contributed by atoms with Crippen molar-refractivity contribution in [2.75, 3.05) is 13.2 Å². The van der Waals surface area contributed by atoms with Crippen molar-refractivity contribution in [2.45, 2.75) is 18.8 Å². The van der Waals surface area contributed by atoms with Gasteiger partial charge in [-0.15, -0.1) is 0 Å². The average Bonchev–Trinajstić information content (AvgIpc) is 2.79. The van der Waals surface area contributed by atoms with Gasteiger partial charge in [-0.1, -0.05) is 47.5 Å². The van der Waals surface area contributed by atoms with Crippen LogP contribution in [0.4, 0.5) is 0 Å². The summed E-state index contributed by atoms with van der Waals surface area (Å²) in [5.41, 5.74) is 4.57. The Morgan fingerprint density at radius 2 is 1.90 bits per heavy atom. The number of carbonyl (C=O) groups excluding carboxylic acids is 1. The molecule has 1 amide bonds. The molecule has 1 N–H and O–H groups in total. The summed E-state index contributed by atoms with van der Waals surface area (Å²) in [5, 5.41) is 12.7. The maximum absolute atomic E-state index is 12.4. The normalized spacial score (nSPS) is 14.8. The van der Waals surface area contributed by atoms with Gasteiger partial charge in [-0.3, -0.25) is 4.79 Å². The smallest absolute Gasteiger partial charge is 0.251 e. The Kier molecular flexibility index (Phi) is 6.46. The molecule has 0 aliphatic carbocycles. The molecule has 3 aromatic carbocycles. The third-order valence-electron chi connectivity index (χ3n) is 5.37. The van der Waals surface area contributed by atoms with E-state index in [9.17, 15) is 4.79 Å². The number of nitrogens with one attached hydrogen (secondary N) is 1. The third-order valence-corrected chi connectivity index (χ3v) is 5.93. The minimum atomic E-state index is -0.191. The van der Waals surface area contributed by atoms with Crippen molar-refractivity contribution in [3.8, 4) is 22.9 Å². The zero-order valence-corrected chi connectivity index (χ0v) is 18.2. The molecule has 6 heteroatoms. The van der Waals surface area contributed by atoms with Crippen LogP contribution in [0.1, 0.15) is 40.2 Å². The van der Waals surface area contributed by atoms with E-state index < -0.39 is 0 Å². The fourth-order valence-electron chi connectivity index (χ4n) is 3.86. The lowest BCUT2D eigenvalue weighted by Crippen LogP contribution is -2.24. The van der Waals surface area contributed by atoms with Crippen molar-refractivity contribution in [1.82, 2.24) is 5.32 Å². The molecule has 0 saturated carbocycles. The molecule has 0 radical (unpaired) electrons. The number of ether oxygens (including phenoxy) is 1. The molecule has 4 rings (SSSR count). The van der Waals surface area contributed by atoms with Crippen LogP contribution in [0.2, 0.25) is 10.0 Å². The molecule has 1 aliphatic rings. The molecule has 0 spiro atoms. The molecule has 4 nitrogen and oxygen atoms in total. The number of hydrogen-bond acceptors (Lipinski definition) is 3. The van der Waals surface area contributed by atoms with E-state index in [0.29, 0.717) is 28.8 Å². The molecule has 1 aliphatic heterocycles. The second-order valence-electron chi connectivity index (χ2n) is 7.35. The van der Waals surface area contributed by atoms with Crippen molar-refractivity contribution >= 4 is 29.1 Å². The molecule has 3 aromatic rings. The zero-order valence-electron chi connectivity index (χ0n) is 16.7. The lowest BCUT2D eigenvalue weighted by atomic mass is 9.85. The first kappa shape index (κ1) is 21.2. The first-order chi connectivity index (χ1) is 15.1. The molecule has 1 unspecified atom stereocenters. The van der Waals surface area contributed by atoms with Crippen LogP contribution in [0.5, 0.6) is 5.75 Å². The van der Waals surface area contributed by atoms with Gasteiger partial charge < -0.3 is 10.1 Å². The Bertz CT molecular complexity index is 1170. The summed E-state index contributed by atoms with van der Waals surface area (Å²) in [5.74, 6) is 0.756. The van der Waals surface area contributed by atoms with Crippen LogP contribution >= 0.6 is 23.2 Å². The zero-order chi connectivity index (χ0) is 21.8. The van der Waals surface area contributed by atoms with Gasteiger partial charge in [-0.05, 0) is 59.5 Å². The average molecular weight is 451 g/mol. The largest absolute Gasteiger partial charge is 0.493 e. The number of nitriles is 1. The lowest BCUT2D eigenvalue weighted by Gasteiger charge is -2.27. The van der Waals surface area contributed by atoms with E-state index >= 15 is 0 Å². The molecule has 31 heavy (non-hydrogen) atoms. The molecule has 0 saturated heterocycles. The van der Waals surface area contributed by atoms with E-state index in [1.807, 2.05) is 48.5 Å². The van der Waals surface area contributed by atoms with Crippen molar-refractivity contribution in [2.24, 2.45) is 0 Å².